The highest BCUT2D eigenvalue weighted by Gasteiger charge is 2.16. The predicted octanol–water partition coefficient (Wildman–Crippen LogP) is 1.75. The number of aryl methyl sites for hydroxylation is 1. The molecule has 0 spiro atoms. The van der Waals surface area contributed by atoms with Gasteiger partial charge in [-0.15, -0.1) is 0 Å². The molecule has 0 aliphatic rings. The zero-order valence-electron chi connectivity index (χ0n) is 13.0. The fraction of sp³-hybridized carbons (Fsp3) is 0.500. The minimum absolute atomic E-state index is 0.0406. The Hall–Kier alpha value is -1.88. The van der Waals surface area contributed by atoms with Gasteiger partial charge >= 0.3 is 5.97 Å². The van der Waals surface area contributed by atoms with Crippen LogP contribution in [0.4, 0.5) is 0 Å². The van der Waals surface area contributed by atoms with Gasteiger partial charge in [0.15, 0.2) is 0 Å². The van der Waals surface area contributed by atoms with E-state index in [0.717, 1.165) is 12.0 Å². The monoisotopic (exact) mass is 292 g/mol. The molecule has 0 saturated carbocycles. The van der Waals surface area contributed by atoms with Crippen LogP contribution in [0.15, 0.2) is 24.3 Å². The van der Waals surface area contributed by atoms with Crippen molar-refractivity contribution in [3.8, 4) is 0 Å². The number of amides is 1. The van der Waals surface area contributed by atoms with Gasteiger partial charge in [-0.05, 0) is 26.0 Å². The second-order valence-corrected chi connectivity index (χ2v) is 5.37. The van der Waals surface area contributed by atoms with E-state index in [0.29, 0.717) is 13.1 Å². The highest BCUT2D eigenvalue weighted by atomic mass is 16.4. The molecular weight excluding hydrogens is 268 g/mol. The Morgan fingerprint density at radius 3 is 2.29 bits per heavy atom. The SMILES string of the molecule is CCCN(Cc1ccc(C)cc1)C(=O)CN(C)CC(=O)O. The standard InChI is InChI=1S/C16H24N2O3/c1-4-9-18(10-14-7-5-13(2)6-8-14)15(19)11-17(3)12-16(20)21/h5-8H,4,9-12H2,1-3H3,(H,20,21). The molecule has 1 aromatic rings. The van der Waals surface area contributed by atoms with Crippen LogP contribution in [0.5, 0.6) is 0 Å². The molecule has 0 unspecified atom stereocenters. The molecule has 0 atom stereocenters. The number of rotatable bonds is 8. The van der Waals surface area contributed by atoms with E-state index in [1.165, 1.54) is 10.5 Å². The van der Waals surface area contributed by atoms with Gasteiger partial charge in [0.2, 0.25) is 5.91 Å². The summed E-state index contributed by atoms with van der Waals surface area (Å²) in [6.07, 6.45) is 0.875. The Kier molecular flexibility index (Phi) is 6.88. The molecule has 116 valence electrons. The maximum absolute atomic E-state index is 12.3. The van der Waals surface area contributed by atoms with Gasteiger partial charge in [0, 0.05) is 13.1 Å². The smallest absolute Gasteiger partial charge is 0.317 e. The number of carbonyl (C=O) groups excluding carboxylic acids is 1. The van der Waals surface area contributed by atoms with Gasteiger partial charge in [-0.3, -0.25) is 14.5 Å². The van der Waals surface area contributed by atoms with Crippen LogP contribution in [-0.2, 0) is 16.1 Å². The Morgan fingerprint density at radius 1 is 1.14 bits per heavy atom. The maximum atomic E-state index is 12.3. The lowest BCUT2D eigenvalue weighted by atomic mass is 10.1. The Labute approximate surface area is 126 Å². The van der Waals surface area contributed by atoms with Gasteiger partial charge in [0.05, 0.1) is 13.1 Å². The van der Waals surface area contributed by atoms with Crippen LogP contribution in [0.1, 0.15) is 24.5 Å². The number of carbonyl (C=O) groups is 2. The zero-order valence-corrected chi connectivity index (χ0v) is 13.0. The average molecular weight is 292 g/mol. The molecule has 0 heterocycles. The predicted molar refractivity (Wildman–Crippen MR) is 82.0 cm³/mol. The summed E-state index contributed by atoms with van der Waals surface area (Å²) in [5.41, 5.74) is 2.27. The first kappa shape index (κ1) is 17.2. The summed E-state index contributed by atoms with van der Waals surface area (Å²) < 4.78 is 0. The molecule has 0 fully saturated rings. The highest BCUT2D eigenvalue weighted by Crippen LogP contribution is 2.08. The van der Waals surface area contributed by atoms with Crippen molar-refractivity contribution in [2.24, 2.45) is 0 Å². The van der Waals surface area contributed by atoms with Gasteiger partial charge in [-0.2, -0.15) is 0 Å². The van der Waals surface area contributed by atoms with Crippen LogP contribution in [0.25, 0.3) is 0 Å². The van der Waals surface area contributed by atoms with Crippen LogP contribution >= 0.6 is 0 Å². The first-order chi connectivity index (χ1) is 9.92. The first-order valence-electron chi connectivity index (χ1n) is 7.16. The molecule has 0 radical (unpaired) electrons. The second kappa shape index (κ2) is 8.42. The van der Waals surface area contributed by atoms with Crippen LogP contribution in [0, 0.1) is 6.92 Å². The fourth-order valence-electron chi connectivity index (χ4n) is 2.09. The van der Waals surface area contributed by atoms with Crippen molar-refractivity contribution in [3.63, 3.8) is 0 Å². The minimum Gasteiger partial charge on any atom is -0.480 e. The largest absolute Gasteiger partial charge is 0.480 e. The summed E-state index contributed by atoms with van der Waals surface area (Å²) in [5.74, 6) is -0.966. The lowest BCUT2D eigenvalue weighted by Gasteiger charge is -2.25. The number of carboxylic acids is 1. The number of hydrogen-bond acceptors (Lipinski definition) is 3. The third-order valence-corrected chi connectivity index (χ3v) is 3.15. The zero-order chi connectivity index (χ0) is 15.8. The van der Waals surface area contributed by atoms with Crippen molar-refractivity contribution in [1.82, 2.24) is 9.80 Å². The number of hydrogen-bond donors (Lipinski definition) is 1. The van der Waals surface area contributed by atoms with Crippen molar-refractivity contribution in [2.45, 2.75) is 26.8 Å². The molecule has 0 aromatic heterocycles. The highest BCUT2D eigenvalue weighted by molar-refractivity contribution is 5.79. The third-order valence-electron chi connectivity index (χ3n) is 3.15. The molecule has 5 nitrogen and oxygen atoms in total. The molecule has 1 rings (SSSR count). The maximum Gasteiger partial charge on any atom is 0.317 e. The van der Waals surface area contributed by atoms with Crippen LogP contribution in [-0.4, -0.2) is 53.5 Å². The van der Waals surface area contributed by atoms with Crippen molar-refractivity contribution >= 4 is 11.9 Å². The molecule has 1 N–H and O–H groups in total. The first-order valence-corrected chi connectivity index (χ1v) is 7.16. The van der Waals surface area contributed by atoms with Crippen molar-refractivity contribution in [2.75, 3.05) is 26.7 Å². The van der Waals surface area contributed by atoms with Crippen LogP contribution < -0.4 is 0 Å². The molecule has 0 aliphatic heterocycles. The topological polar surface area (TPSA) is 60.9 Å². The van der Waals surface area contributed by atoms with E-state index < -0.39 is 5.97 Å². The Bertz CT molecular complexity index is 471. The van der Waals surface area contributed by atoms with Crippen molar-refractivity contribution in [3.05, 3.63) is 35.4 Å². The van der Waals surface area contributed by atoms with E-state index in [9.17, 15) is 9.59 Å². The van der Waals surface area contributed by atoms with Gasteiger partial charge < -0.3 is 10.0 Å². The van der Waals surface area contributed by atoms with Crippen LogP contribution in [0.3, 0.4) is 0 Å². The second-order valence-electron chi connectivity index (χ2n) is 5.37. The van der Waals surface area contributed by atoms with Gasteiger partial charge in [-0.25, -0.2) is 0 Å². The van der Waals surface area contributed by atoms with Gasteiger partial charge in [0.25, 0.3) is 0 Å². The average Bonchev–Trinajstić information content (AvgIpc) is 2.39. The minimum atomic E-state index is -0.925. The Morgan fingerprint density at radius 2 is 1.76 bits per heavy atom. The lowest BCUT2D eigenvalue weighted by molar-refractivity contribution is -0.139. The van der Waals surface area contributed by atoms with Crippen molar-refractivity contribution < 1.29 is 14.7 Å². The van der Waals surface area contributed by atoms with Gasteiger partial charge in [-0.1, -0.05) is 36.8 Å². The van der Waals surface area contributed by atoms with Gasteiger partial charge in [0.1, 0.15) is 0 Å². The quantitative estimate of drug-likeness (QED) is 0.793. The number of aliphatic carboxylic acids is 1. The van der Waals surface area contributed by atoms with Crippen molar-refractivity contribution in [1.29, 1.82) is 0 Å². The summed E-state index contributed by atoms with van der Waals surface area (Å²) in [5, 5.41) is 8.73. The summed E-state index contributed by atoms with van der Waals surface area (Å²) in [4.78, 5) is 26.2. The van der Waals surface area contributed by atoms with E-state index in [2.05, 4.69) is 0 Å². The van der Waals surface area contributed by atoms with E-state index >= 15 is 0 Å². The molecule has 0 bridgehead atoms. The molecule has 0 aliphatic carbocycles. The van der Waals surface area contributed by atoms with E-state index in [4.69, 9.17) is 5.11 Å². The molecular formula is C16H24N2O3. The normalized spacial score (nSPS) is 10.7. The van der Waals surface area contributed by atoms with E-state index in [1.54, 1.807) is 11.9 Å². The number of nitrogens with zero attached hydrogens (tertiary/aromatic N) is 2. The molecule has 1 amide bonds. The molecule has 0 saturated heterocycles. The van der Waals surface area contributed by atoms with E-state index in [-0.39, 0.29) is 19.0 Å². The van der Waals surface area contributed by atoms with Crippen LogP contribution in [0.2, 0.25) is 0 Å². The number of likely N-dealkylation sites (N-methyl/N-ethyl adjacent to an activating group) is 1. The molecule has 21 heavy (non-hydrogen) atoms. The molecule has 1 aromatic carbocycles. The number of benzene rings is 1. The number of carboxylic acid groups (broad SMARTS) is 1. The molecule has 5 heteroatoms. The summed E-state index contributed by atoms with van der Waals surface area (Å²) >= 11 is 0. The van der Waals surface area contributed by atoms with E-state index in [1.807, 2.05) is 38.1 Å². The Balaban J connectivity index is 2.64. The third kappa shape index (κ3) is 6.40. The fourth-order valence-corrected chi connectivity index (χ4v) is 2.09. The summed E-state index contributed by atoms with van der Waals surface area (Å²) in [7, 11) is 1.64. The summed E-state index contributed by atoms with van der Waals surface area (Å²) in [6.45, 7) is 5.28. The lowest BCUT2D eigenvalue weighted by Crippen LogP contribution is -2.40. The summed E-state index contributed by atoms with van der Waals surface area (Å²) in [6, 6.07) is 8.10.